The molecule has 2 unspecified atom stereocenters. The highest BCUT2D eigenvalue weighted by Gasteiger charge is 2.60. The van der Waals surface area contributed by atoms with Crippen molar-refractivity contribution in [3.05, 3.63) is 0 Å². The highest BCUT2D eigenvalue weighted by Crippen LogP contribution is 2.67. The second kappa shape index (κ2) is 6.63. The number of aldehydes is 1. The number of ether oxygens (including phenoxy) is 1. The van der Waals surface area contributed by atoms with Crippen LogP contribution < -0.4 is 0 Å². The average molecular weight is 361 g/mol. The van der Waals surface area contributed by atoms with E-state index >= 15 is 0 Å². The molecule has 0 aromatic heterocycles. The molecule has 4 rings (SSSR count). The van der Waals surface area contributed by atoms with Gasteiger partial charge in [0.25, 0.3) is 0 Å². The summed E-state index contributed by atoms with van der Waals surface area (Å²) in [7, 11) is 0. The summed E-state index contributed by atoms with van der Waals surface area (Å²) in [6.45, 7) is 6.60. The zero-order valence-electron chi connectivity index (χ0n) is 16.8. The highest BCUT2D eigenvalue weighted by atomic mass is 16.5. The third kappa shape index (κ3) is 2.76. The Morgan fingerprint density at radius 3 is 2.46 bits per heavy atom. The Morgan fingerprint density at radius 1 is 1.00 bits per heavy atom. The minimum absolute atomic E-state index is 0.118. The number of carbonyl (C=O) groups is 2. The molecule has 3 heteroatoms. The van der Waals surface area contributed by atoms with Crippen molar-refractivity contribution in [1.82, 2.24) is 0 Å². The van der Waals surface area contributed by atoms with Gasteiger partial charge in [0.1, 0.15) is 12.4 Å². The van der Waals surface area contributed by atoms with E-state index in [4.69, 9.17) is 4.74 Å². The maximum Gasteiger partial charge on any atom is 0.302 e. The Morgan fingerprint density at radius 2 is 1.73 bits per heavy atom. The molecule has 4 aliphatic rings. The first-order valence-electron chi connectivity index (χ1n) is 11.0. The van der Waals surface area contributed by atoms with Gasteiger partial charge in [0.15, 0.2) is 0 Å². The minimum atomic E-state index is -0.118. The van der Waals surface area contributed by atoms with Crippen molar-refractivity contribution in [3.8, 4) is 0 Å². The Kier molecular flexibility index (Phi) is 4.72. The van der Waals surface area contributed by atoms with Crippen molar-refractivity contribution in [2.75, 3.05) is 0 Å². The molecule has 3 nitrogen and oxygen atoms in total. The van der Waals surface area contributed by atoms with Crippen molar-refractivity contribution in [1.29, 1.82) is 0 Å². The van der Waals surface area contributed by atoms with E-state index in [9.17, 15) is 9.59 Å². The first-order valence-corrected chi connectivity index (χ1v) is 11.0. The van der Waals surface area contributed by atoms with Crippen molar-refractivity contribution in [2.45, 2.75) is 91.1 Å². The van der Waals surface area contributed by atoms with Crippen molar-refractivity contribution in [2.24, 2.45) is 40.4 Å². The first-order chi connectivity index (χ1) is 12.4. The van der Waals surface area contributed by atoms with Crippen LogP contribution in [-0.2, 0) is 14.3 Å². The first kappa shape index (κ1) is 18.5. The standard InChI is InChI=1S/C23H36O3/c1-15(25)26-18-8-11-23(3)17(14-18)4-6-19-20-7-5-16(10-13-24)22(20,2)12-9-21(19)23/h13,16-21H,4-12,14H2,1-3H3/t16-,17?,18?,19+,20+,21+,22-,23+/m1/s1. The number of hydrogen-bond acceptors (Lipinski definition) is 3. The lowest BCUT2D eigenvalue weighted by Crippen LogP contribution is -2.54. The maximum absolute atomic E-state index is 11.4. The van der Waals surface area contributed by atoms with Gasteiger partial charge in [-0.15, -0.1) is 0 Å². The third-order valence-electron chi connectivity index (χ3n) is 9.53. The second-order valence-corrected chi connectivity index (χ2v) is 10.4. The van der Waals surface area contributed by atoms with Crippen LogP contribution in [-0.4, -0.2) is 18.4 Å². The Bertz CT molecular complexity index is 572. The summed E-state index contributed by atoms with van der Waals surface area (Å²) in [6, 6.07) is 0. The predicted molar refractivity (Wildman–Crippen MR) is 101 cm³/mol. The topological polar surface area (TPSA) is 43.4 Å². The maximum atomic E-state index is 11.4. The van der Waals surface area contributed by atoms with Crippen LogP contribution in [0.5, 0.6) is 0 Å². The van der Waals surface area contributed by atoms with E-state index in [0.29, 0.717) is 16.7 Å². The fraction of sp³-hybridized carbons (Fsp3) is 0.913. The molecule has 0 spiro atoms. The van der Waals surface area contributed by atoms with E-state index in [-0.39, 0.29) is 12.1 Å². The highest BCUT2D eigenvalue weighted by molar-refractivity contribution is 5.66. The van der Waals surface area contributed by atoms with Crippen LogP contribution in [0, 0.1) is 40.4 Å². The van der Waals surface area contributed by atoms with Crippen LogP contribution in [0.3, 0.4) is 0 Å². The smallest absolute Gasteiger partial charge is 0.302 e. The molecule has 0 aromatic carbocycles. The number of rotatable bonds is 3. The van der Waals surface area contributed by atoms with Gasteiger partial charge < -0.3 is 9.53 Å². The van der Waals surface area contributed by atoms with Crippen LogP contribution >= 0.6 is 0 Å². The Hall–Kier alpha value is -0.860. The number of esters is 1. The van der Waals surface area contributed by atoms with Gasteiger partial charge in [-0.05, 0) is 98.2 Å². The van der Waals surface area contributed by atoms with Gasteiger partial charge in [0, 0.05) is 13.3 Å². The van der Waals surface area contributed by atoms with E-state index in [1.165, 1.54) is 51.2 Å². The van der Waals surface area contributed by atoms with E-state index < -0.39 is 0 Å². The Balaban J connectivity index is 1.52. The quantitative estimate of drug-likeness (QED) is 0.515. The van der Waals surface area contributed by atoms with E-state index in [1.54, 1.807) is 6.92 Å². The molecular weight excluding hydrogens is 324 g/mol. The minimum Gasteiger partial charge on any atom is -0.463 e. The second-order valence-electron chi connectivity index (χ2n) is 10.4. The summed E-state index contributed by atoms with van der Waals surface area (Å²) in [5, 5.41) is 0. The lowest BCUT2D eigenvalue weighted by atomic mass is 9.44. The van der Waals surface area contributed by atoms with Crippen molar-refractivity contribution >= 4 is 12.3 Å². The fourth-order valence-electron chi connectivity index (χ4n) is 8.17. The van der Waals surface area contributed by atoms with Gasteiger partial charge in [0.2, 0.25) is 0 Å². The summed E-state index contributed by atoms with van der Waals surface area (Å²) in [4.78, 5) is 22.5. The molecule has 0 N–H and O–H groups in total. The lowest BCUT2D eigenvalue weighted by Gasteiger charge is -2.61. The molecule has 4 fully saturated rings. The molecule has 8 atom stereocenters. The van der Waals surface area contributed by atoms with Crippen LogP contribution in [0.25, 0.3) is 0 Å². The molecule has 0 aliphatic heterocycles. The van der Waals surface area contributed by atoms with Gasteiger partial charge in [-0.3, -0.25) is 4.79 Å². The molecule has 0 aromatic rings. The summed E-state index contributed by atoms with van der Waals surface area (Å²) >= 11 is 0. The van der Waals surface area contributed by atoms with Crippen molar-refractivity contribution < 1.29 is 14.3 Å². The van der Waals surface area contributed by atoms with E-state index in [0.717, 1.165) is 42.9 Å². The van der Waals surface area contributed by atoms with Gasteiger partial charge in [-0.25, -0.2) is 0 Å². The molecule has 0 saturated heterocycles. The van der Waals surface area contributed by atoms with Gasteiger partial charge in [-0.1, -0.05) is 13.8 Å². The summed E-state index contributed by atoms with van der Waals surface area (Å²) in [5.41, 5.74) is 0.837. The van der Waals surface area contributed by atoms with Crippen LogP contribution in [0.2, 0.25) is 0 Å². The lowest BCUT2D eigenvalue weighted by molar-refractivity contribution is -0.160. The summed E-state index contributed by atoms with van der Waals surface area (Å²) in [6.07, 6.45) is 13.4. The zero-order chi connectivity index (χ0) is 18.5. The molecule has 26 heavy (non-hydrogen) atoms. The van der Waals surface area contributed by atoms with Crippen LogP contribution in [0.4, 0.5) is 0 Å². The predicted octanol–water partition coefficient (Wildman–Crippen LogP) is 5.17. The average Bonchev–Trinajstić information content (AvgIpc) is 2.92. The molecule has 0 amide bonds. The SMILES string of the molecule is CC(=O)OC1CC[C@@]2(C)C(CC[C@H]3[C@@H]4CC[C@H](CC=O)[C@@]4(C)CC[C@@H]32)C1. The van der Waals surface area contributed by atoms with Gasteiger partial charge in [0.05, 0.1) is 0 Å². The molecule has 146 valence electrons. The number of hydrogen-bond donors (Lipinski definition) is 0. The molecule has 0 radical (unpaired) electrons. The number of fused-ring (bicyclic) bond motifs is 5. The molecule has 4 aliphatic carbocycles. The van der Waals surface area contributed by atoms with Gasteiger partial charge in [-0.2, -0.15) is 0 Å². The normalized spacial score (nSPS) is 50.3. The number of carbonyl (C=O) groups excluding carboxylic acids is 2. The Labute approximate surface area is 158 Å². The third-order valence-corrected chi connectivity index (χ3v) is 9.53. The summed E-state index contributed by atoms with van der Waals surface area (Å²) in [5.74, 6) is 3.75. The largest absolute Gasteiger partial charge is 0.463 e. The van der Waals surface area contributed by atoms with E-state index in [2.05, 4.69) is 13.8 Å². The monoisotopic (exact) mass is 360 g/mol. The van der Waals surface area contributed by atoms with Crippen LogP contribution in [0.15, 0.2) is 0 Å². The molecular formula is C23H36O3. The van der Waals surface area contributed by atoms with Gasteiger partial charge >= 0.3 is 5.97 Å². The molecule has 0 heterocycles. The fourth-order valence-corrected chi connectivity index (χ4v) is 8.17. The summed E-state index contributed by atoms with van der Waals surface area (Å²) < 4.78 is 5.58. The van der Waals surface area contributed by atoms with Crippen molar-refractivity contribution in [3.63, 3.8) is 0 Å². The molecule has 0 bridgehead atoms. The molecule has 4 saturated carbocycles. The van der Waals surface area contributed by atoms with Crippen LogP contribution in [0.1, 0.15) is 85.0 Å². The zero-order valence-corrected chi connectivity index (χ0v) is 16.8. The van der Waals surface area contributed by atoms with E-state index in [1.807, 2.05) is 0 Å².